The maximum atomic E-state index is 6.74. The third kappa shape index (κ3) is 2.62. The lowest BCUT2D eigenvalue weighted by Gasteiger charge is -2.14. The van der Waals surface area contributed by atoms with Crippen molar-refractivity contribution >= 4 is 27.5 Å². The van der Waals surface area contributed by atoms with Crippen LogP contribution >= 0.6 is 27.5 Å². The van der Waals surface area contributed by atoms with Crippen molar-refractivity contribution in [2.45, 2.75) is 46.4 Å². The van der Waals surface area contributed by atoms with Gasteiger partial charge in [-0.25, -0.2) is 0 Å². The summed E-state index contributed by atoms with van der Waals surface area (Å²) in [5.41, 5.74) is 1.76. The first kappa shape index (κ1) is 16.2. The Bertz CT molecular complexity index is 482. The zero-order valence-corrected chi connectivity index (χ0v) is 15.3. The van der Waals surface area contributed by atoms with Crippen molar-refractivity contribution in [3.05, 3.63) is 28.2 Å². The Balaban J connectivity index is 2.17. The molecule has 0 bridgehead atoms. The van der Waals surface area contributed by atoms with Crippen LogP contribution in [0, 0.1) is 16.7 Å². The van der Waals surface area contributed by atoms with E-state index in [1.807, 2.05) is 6.07 Å². The maximum absolute atomic E-state index is 6.74. The number of alkyl halides is 1. The zero-order chi connectivity index (χ0) is 15.1. The van der Waals surface area contributed by atoms with Gasteiger partial charge in [-0.3, -0.25) is 0 Å². The Hall–Kier alpha value is -0.210. The van der Waals surface area contributed by atoms with E-state index in [2.05, 4.69) is 62.7 Å². The highest BCUT2D eigenvalue weighted by Crippen LogP contribution is 2.73. The summed E-state index contributed by atoms with van der Waals surface area (Å²) < 4.78 is 6.68. The molecule has 0 radical (unpaired) electrons. The lowest BCUT2D eigenvalue weighted by Crippen LogP contribution is -2.01. The van der Waals surface area contributed by atoms with Gasteiger partial charge in [0.25, 0.3) is 0 Å². The smallest absolute Gasteiger partial charge is 0.133 e. The van der Waals surface area contributed by atoms with Crippen molar-refractivity contribution in [2.75, 3.05) is 6.61 Å². The van der Waals surface area contributed by atoms with Crippen LogP contribution in [-0.2, 0) is 0 Å². The van der Waals surface area contributed by atoms with Gasteiger partial charge in [0.15, 0.2) is 0 Å². The van der Waals surface area contributed by atoms with Crippen LogP contribution < -0.4 is 4.74 Å². The third-order valence-corrected chi connectivity index (χ3v) is 6.28. The van der Waals surface area contributed by atoms with Crippen LogP contribution in [0.5, 0.6) is 5.75 Å². The molecule has 1 fully saturated rings. The summed E-state index contributed by atoms with van der Waals surface area (Å²) in [5.74, 6) is 1.40. The van der Waals surface area contributed by atoms with Crippen LogP contribution in [0.3, 0.4) is 0 Å². The maximum Gasteiger partial charge on any atom is 0.133 e. The van der Waals surface area contributed by atoms with Gasteiger partial charge in [-0.15, -0.1) is 11.6 Å². The summed E-state index contributed by atoms with van der Waals surface area (Å²) >= 11 is 10.3. The highest BCUT2D eigenvalue weighted by atomic mass is 79.9. The average Bonchev–Trinajstić information content (AvgIpc) is 2.77. The molecule has 1 aliphatic rings. The molecule has 112 valence electrons. The van der Waals surface area contributed by atoms with Crippen LogP contribution in [0.15, 0.2) is 22.7 Å². The zero-order valence-electron chi connectivity index (χ0n) is 13.0. The van der Waals surface area contributed by atoms with Gasteiger partial charge in [0.05, 0.1) is 16.5 Å². The van der Waals surface area contributed by atoms with Crippen LogP contribution in [0.4, 0.5) is 0 Å². The molecule has 0 aromatic heterocycles. The predicted molar refractivity (Wildman–Crippen MR) is 89.6 cm³/mol. The first-order chi connectivity index (χ1) is 9.23. The quantitative estimate of drug-likeness (QED) is 0.569. The van der Waals surface area contributed by atoms with E-state index >= 15 is 0 Å². The highest BCUT2D eigenvalue weighted by molar-refractivity contribution is 9.10. The number of hydrogen-bond donors (Lipinski definition) is 0. The van der Waals surface area contributed by atoms with E-state index in [1.54, 1.807) is 0 Å². The minimum absolute atomic E-state index is 0.0523. The Morgan fingerprint density at radius 2 is 1.85 bits per heavy atom. The van der Waals surface area contributed by atoms with E-state index in [4.69, 9.17) is 16.3 Å². The second-order valence-corrected chi connectivity index (χ2v) is 8.19. The summed E-state index contributed by atoms with van der Waals surface area (Å²) in [6.07, 6.45) is 1.01. The summed E-state index contributed by atoms with van der Waals surface area (Å²) in [4.78, 5) is 0. The molecule has 20 heavy (non-hydrogen) atoms. The first-order valence-corrected chi connectivity index (χ1v) is 8.52. The molecule has 1 aromatic rings. The molecular formula is C17H24BrClO. The van der Waals surface area contributed by atoms with Gasteiger partial charge in [-0.05, 0) is 56.8 Å². The second-order valence-electron chi connectivity index (χ2n) is 6.86. The molecule has 1 saturated carbocycles. The van der Waals surface area contributed by atoms with E-state index in [9.17, 15) is 0 Å². The van der Waals surface area contributed by atoms with Gasteiger partial charge in [0, 0.05) is 0 Å². The molecule has 3 heteroatoms. The first-order valence-electron chi connectivity index (χ1n) is 7.29. The van der Waals surface area contributed by atoms with E-state index in [-0.39, 0.29) is 5.38 Å². The van der Waals surface area contributed by atoms with Gasteiger partial charge in [-0.1, -0.05) is 40.7 Å². The topological polar surface area (TPSA) is 9.23 Å². The third-order valence-electron chi connectivity index (χ3n) is 5.16. The molecule has 0 spiro atoms. The SMILES string of the molecule is CCCOc1ccc(C(Cl)C2C(C)(C)C2(C)C)cc1Br. The predicted octanol–water partition coefficient (Wildman–Crippen LogP) is 6.20. The molecule has 1 atom stereocenters. The number of ether oxygens (including phenoxy) is 1. The van der Waals surface area contributed by atoms with Gasteiger partial charge < -0.3 is 4.74 Å². The van der Waals surface area contributed by atoms with Crippen LogP contribution in [0.25, 0.3) is 0 Å². The fourth-order valence-electron chi connectivity index (χ4n) is 3.19. The van der Waals surface area contributed by atoms with Gasteiger partial charge in [0.2, 0.25) is 0 Å². The van der Waals surface area contributed by atoms with Gasteiger partial charge >= 0.3 is 0 Å². The molecule has 1 nitrogen and oxygen atoms in total. The van der Waals surface area contributed by atoms with Crippen molar-refractivity contribution < 1.29 is 4.74 Å². The lowest BCUT2D eigenvalue weighted by atomic mass is 10.0. The van der Waals surface area contributed by atoms with Crippen LogP contribution in [0.2, 0.25) is 0 Å². The number of halogens is 2. The molecule has 1 aromatic carbocycles. The van der Waals surface area contributed by atoms with Gasteiger partial charge in [0.1, 0.15) is 5.75 Å². The second kappa shape index (κ2) is 5.53. The minimum Gasteiger partial charge on any atom is -0.492 e. The molecule has 0 saturated heterocycles. The minimum atomic E-state index is 0.0523. The fraction of sp³-hybridized carbons (Fsp3) is 0.647. The Kier molecular flexibility index (Phi) is 4.47. The lowest BCUT2D eigenvalue weighted by molar-refractivity contribution is 0.315. The van der Waals surface area contributed by atoms with Crippen molar-refractivity contribution in [1.82, 2.24) is 0 Å². The van der Waals surface area contributed by atoms with Crippen molar-refractivity contribution in [3.8, 4) is 5.75 Å². The van der Waals surface area contributed by atoms with E-state index in [0.29, 0.717) is 16.7 Å². The molecule has 0 amide bonds. The van der Waals surface area contributed by atoms with Crippen LogP contribution in [-0.4, -0.2) is 6.61 Å². The van der Waals surface area contributed by atoms with Crippen molar-refractivity contribution in [1.29, 1.82) is 0 Å². The molecule has 1 unspecified atom stereocenters. The monoisotopic (exact) mass is 358 g/mol. The summed E-state index contributed by atoms with van der Waals surface area (Å²) in [7, 11) is 0. The number of benzene rings is 1. The Morgan fingerprint density at radius 3 is 2.30 bits per heavy atom. The Morgan fingerprint density at radius 1 is 1.25 bits per heavy atom. The van der Waals surface area contributed by atoms with Crippen molar-refractivity contribution in [3.63, 3.8) is 0 Å². The van der Waals surface area contributed by atoms with E-state index < -0.39 is 0 Å². The fourth-order valence-corrected chi connectivity index (χ4v) is 4.47. The number of hydrogen-bond acceptors (Lipinski definition) is 1. The van der Waals surface area contributed by atoms with Gasteiger partial charge in [-0.2, -0.15) is 0 Å². The normalized spacial score (nSPS) is 21.6. The number of rotatable bonds is 5. The largest absolute Gasteiger partial charge is 0.492 e. The molecule has 0 aliphatic heterocycles. The van der Waals surface area contributed by atoms with E-state index in [1.165, 1.54) is 5.56 Å². The molecular weight excluding hydrogens is 336 g/mol. The van der Waals surface area contributed by atoms with E-state index in [0.717, 1.165) is 23.2 Å². The molecule has 2 rings (SSSR count). The van der Waals surface area contributed by atoms with Crippen molar-refractivity contribution in [2.24, 2.45) is 16.7 Å². The molecule has 0 N–H and O–H groups in total. The summed E-state index contributed by atoms with van der Waals surface area (Å²) in [6, 6.07) is 6.22. The average molecular weight is 360 g/mol. The van der Waals surface area contributed by atoms with Crippen LogP contribution in [0.1, 0.15) is 52.0 Å². The summed E-state index contributed by atoms with van der Waals surface area (Å²) in [5, 5.41) is 0.0523. The Labute approximate surface area is 136 Å². The summed E-state index contributed by atoms with van der Waals surface area (Å²) in [6.45, 7) is 12.1. The molecule has 1 aliphatic carbocycles. The highest BCUT2D eigenvalue weighted by Gasteiger charge is 2.67. The standard InChI is InChI=1S/C17H24BrClO/c1-6-9-20-13-8-7-11(10-12(13)18)14(19)15-16(2,3)17(15,4)5/h7-8,10,14-15H,6,9H2,1-5H3. The molecule has 0 heterocycles.